The maximum Gasteiger partial charge on any atom is 0.250 e. The second kappa shape index (κ2) is 5.87. The first kappa shape index (κ1) is 14.5. The third-order valence-electron chi connectivity index (χ3n) is 2.97. The molecule has 0 spiro atoms. The van der Waals surface area contributed by atoms with Crippen molar-refractivity contribution in [3.8, 4) is 0 Å². The molecule has 0 aliphatic heterocycles. The Morgan fingerprint density at radius 1 is 1.33 bits per heavy atom. The van der Waals surface area contributed by atoms with Gasteiger partial charge in [0.05, 0.1) is 0 Å². The maximum absolute atomic E-state index is 11.1. The highest BCUT2D eigenvalue weighted by Crippen LogP contribution is 2.24. The lowest BCUT2D eigenvalue weighted by molar-refractivity contribution is -0.118. The number of hydrogen-bond acceptors (Lipinski definition) is 3. The van der Waals surface area contributed by atoms with Crippen molar-refractivity contribution in [2.24, 2.45) is 5.41 Å². The van der Waals surface area contributed by atoms with Gasteiger partial charge >= 0.3 is 0 Å². The predicted molar refractivity (Wildman–Crippen MR) is 74.7 cm³/mol. The molecule has 0 saturated heterocycles. The first-order chi connectivity index (χ1) is 8.32. The standard InChI is InChI=1S/C14H22N2O2/c1-10(14(2,3)4)15-11-6-5-7-12(8-11)16-13(18)9-17/h5-8,10,15,17H,9H2,1-4H3,(H,16,18)/t10-/m1/s1. The summed E-state index contributed by atoms with van der Waals surface area (Å²) in [7, 11) is 0. The average Bonchev–Trinajstić information content (AvgIpc) is 2.28. The molecule has 0 aromatic heterocycles. The van der Waals surface area contributed by atoms with E-state index in [-0.39, 0.29) is 5.41 Å². The SMILES string of the molecule is C[C@@H](Nc1cccc(NC(=O)CO)c1)C(C)(C)C. The van der Waals surface area contributed by atoms with Crippen molar-refractivity contribution in [3.05, 3.63) is 24.3 Å². The fraction of sp³-hybridized carbons (Fsp3) is 0.500. The molecule has 1 aromatic carbocycles. The van der Waals surface area contributed by atoms with Crippen LogP contribution in [0.4, 0.5) is 11.4 Å². The molecule has 18 heavy (non-hydrogen) atoms. The van der Waals surface area contributed by atoms with Crippen LogP contribution in [0.5, 0.6) is 0 Å². The zero-order valence-electron chi connectivity index (χ0n) is 11.4. The molecule has 1 aromatic rings. The van der Waals surface area contributed by atoms with Crippen molar-refractivity contribution in [1.29, 1.82) is 0 Å². The van der Waals surface area contributed by atoms with Crippen LogP contribution in [-0.2, 0) is 4.79 Å². The molecule has 0 bridgehead atoms. The number of carbonyl (C=O) groups is 1. The Balaban J connectivity index is 2.73. The van der Waals surface area contributed by atoms with Gasteiger partial charge in [-0.3, -0.25) is 4.79 Å². The highest BCUT2D eigenvalue weighted by Gasteiger charge is 2.19. The summed E-state index contributed by atoms with van der Waals surface area (Å²) in [6.07, 6.45) is 0. The Labute approximate surface area is 108 Å². The molecule has 0 heterocycles. The molecule has 4 nitrogen and oxygen atoms in total. The van der Waals surface area contributed by atoms with Crippen LogP contribution in [0.15, 0.2) is 24.3 Å². The molecule has 3 N–H and O–H groups in total. The van der Waals surface area contributed by atoms with Crippen LogP contribution in [0.25, 0.3) is 0 Å². The lowest BCUT2D eigenvalue weighted by atomic mass is 9.88. The van der Waals surface area contributed by atoms with Gasteiger partial charge in [0, 0.05) is 17.4 Å². The van der Waals surface area contributed by atoms with E-state index in [1.807, 2.05) is 18.2 Å². The normalized spacial score (nSPS) is 12.9. The van der Waals surface area contributed by atoms with Crippen molar-refractivity contribution in [2.75, 3.05) is 17.2 Å². The smallest absolute Gasteiger partial charge is 0.250 e. The van der Waals surface area contributed by atoms with E-state index >= 15 is 0 Å². The van der Waals surface area contributed by atoms with Crippen LogP contribution in [-0.4, -0.2) is 23.7 Å². The Hall–Kier alpha value is -1.55. The summed E-state index contributed by atoms with van der Waals surface area (Å²) in [5.74, 6) is -0.406. The van der Waals surface area contributed by atoms with Gasteiger partial charge in [0.1, 0.15) is 6.61 Å². The number of aliphatic hydroxyl groups is 1. The third kappa shape index (κ3) is 4.37. The van der Waals surface area contributed by atoms with Crippen LogP contribution in [0.1, 0.15) is 27.7 Å². The summed E-state index contributed by atoms with van der Waals surface area (Å²) >= 11 is 0. The maximum atomic E-state index is 11.1. The van der Waals surface area contributed by atoms with Gasteiger partial charge in [0.15, 0.2) is 0 Å². The molecule has 1 atom stereocenters. The summed E-state index contributed by atoms with van der Waals surface area (Å²) in [5.41, 5.74) is 1.79. The first-order valence-corrected chi connectivity index (χ1v) is 6.10. The number of hydrogen-bond donors (Lipinski definition) is 3. The number of amides is 1. The molecule has 1 rings (SSSR count). The van der Waals surface area contributed by atoms with Gasteiger partial charge in [-0.2, -0.15) is 0 Å². The van der Waals surface area contributed by atoms with E-state index in [2.05, 4.69) is 38.3 Å². The van der Waals surface area contributed by atoms with Crippen LogP contribution in [0, 0.1) is 5.41 Å². The van der Waals surface area contributed by atoms with E-state index in [1.165, 1.54) is 0 Å². The lowest BCUT2D eigenvalue weighted by Crippen LogP contribution is -2.30. The molecule has 1 amide bonds. The Morgan fingerprint density at radius 3 is 2.50 bits per heavy atom. The molecule has 4 heteroatoms. The monoisotopic (exact) mass is 250 g/mol. The second-order valence-electron chi connectivity index (χ2n) is 5.52. The number of benzene rings is 1. The predicted octanol–water partition coefficient (Wildman–Crippen LogP) is 2.46. The van der Waals surface area contributed by atoms with Gasteiger partial charge in [-0.05, 0) is 30.5 Å². The molecular formula is C14H22N2O2. The van der Waals surface area contributed by atoms with E-state index in [9.17, 15) is 4.79 Å². The molecule has 0 unspecified atom stereocenters. The number of carbonyl (C=O) groups excluding carboxylic acids is 1. The van der Waals surface area contributed by atoms with E-state index in [0.717, 1.165) is 5.69 Å². The van der Waals surface area contributed by atoms with Crippen molar-refractivity contribution in [3.63, 3.8) is 0 Å². The van der Waals surface area contributed by atoms with Crippen molar-refractivity contribution in [1.82, 2.24) is 0 Å². The van der Waals surface area contributed by atoms with E-state index < -0.39 is 12.5 Å². The van der Waals surface area contributed by atoms with Gasteiger partial charge in [-0.25, -0.2) is 0 Å². The molecule has 0 aliphatic carbocycles. The quantitative estimate of drug-likeness (QED) is 0.769. The molecule has 100 valence electrons. The Kier molecular flexibility index (Phi) is 4.73. The van der Waals surface area contributed by atoms with Gasteiger partial charge in [0.25, 0.3) is 0 Å². The zero-order chi connectivity index (χ0) is 13.8. The van der Waals surface area contributed by atoms with Gasteiger partial charge in [-0.1, -0.05) is 26.8 Å². The van der Waals surface area contributed by atoms with Crippen LogP contribution in [0.2, 0.25) is 0 Å². The molecule has 0 radical (unpaired) electrons. The number of aliphatic hydroxyl groups excluding tert-OH is 1. The van der Waals surface area contributed by atoms with Gasteiger partial charge < -0.3 is 15.7 Å². The van der Waals surface area contributed by atoms with Gasteiger partial charge in [-0.15, -0.1) is 0 Å². The van der Waals surface area contributed by atoms with Crippen molar-refractivity contribution < 1.29 is 9.90 Å². The summed E-state index contributed by atoms with van der Waals surface area (Å²) in [4.78, 5) is 11.1. The summed E-state index contributed by atoms with van der Waals surface area (Å²) in [5, 5.41) is 14.7. The molecular weight excluding hydrogens is 228 g/mol. The summed E-state index contributed by atoms with van der Waals surface area (Å²) in [6.45, 7) is 8.13. The summed E-state index contributed by atoms with van der Waals surface area (Å²) in [6, 6.07) is 7.78. The highest BCUT2D eigenvalue weighted by molar-refractivity contribution is 5.91. The summed E-state index contributed by atoms with van der Waals surface area (Å²) < 4.78 is 0. The van der Waals surface area contributed by atoms with E-state index in [0.29, 0.717) is 11.7 Å². The van der Waals surface area contributed by atoms with E-state index in [1.54, 1.807) is 6.07 Å². The Bertz CT molecular complexity index is 411. The van der Waals surface area contributed by atoms with Crippen LogP contribution < -0.4 is 10.6 Å². The minimum Gasteiger partial charge on any atom is -0.387 e. The average molecular weight is 250 g/mol. The third-order valence-corrected chi connectivity index (χ3v) is 2.97. The zero-order valence-corrected chi connectivity index (χ0v) is 11.4. The van der Waals surface area contributed by atoms with Crippen molar-refractivity contribution >= 4 is 17.3 Å². The minimum absolute atomic E-state index is 0.157. The molecule has 0 saturated carbocycles. The fourth-order valence-electron chi connectivity index (χ4n) is 1.35. The van der Waals surface area contributed by atoms with Gasteiger partial charge in [0.2, 0.25) is 5.91 Å². The lowest BCUT2D eigenvalue weighted by Gasteiger charge is -2.29. The second-order valence-corrected chi connectivity index (χ2v) is 5.52. The molecule has 0 aliphatic rings. The number of anilines is 2. The number of rotatable bonds is 4. The minimum atomic E-state index is -0.504. The molecule has 0 fully saturated rings. The Morgan fingerprint density at radius 2 is 1.94 bits per heavy atom. The fourth-order valence-corrected chi connectivity index (χ4v) is 1.35. The first-order valence-electron chi connectivity index (χ1n) is 6.10. The number of nitrogens with one attached hydrogen (secondary N) is 2. The topological polar surface area (TPSA) is 61.4 Å². The van der Waals surface area contributed by atoms with Crippen molar-refractivity contribution in [2.45, 2.75) is 33.7 Å². The van der Waals surface area contributed by atoms with Crippen LogP contribution in [0.3, 0.4) is 0 Å². The van der Waals surface area contributed by atoms with Crippen LogP contribution >= 0.6 is 0 Å². The van der Waals surface area contributed by atoms with E-state index in [4.69, 9.17) is 5.11 Å². The largest absolute Gasteiger partial charge is 0.387 e. The highest BCUT2D eigenvalue weighted by atomic mass is 16.3.